The number of piperidine rings is 1. The van der Waals surface area contributed by atoms with Gasteiger partial charge in [-0.05, 0) is 45.2 Å². The van der Waals surface area contributed by atoms with Crippen molar-refractivity contribution in [2.24, 2.45) is 0 Å². The van der Waals surface area contributed by atoms with E-state index in [0.29, 0.717) is 35.2 Å². The second-order valence-corrected chi connectivity index (χ2v) is 7.64. The van der Waals surface area contributed by atoms with E-state index < -0.39 is 6.04 Å². The van der Waals surface area contributed by atoms with E-state index in [9.17, 15) is 9.59 Å². The standard InChI is InChI=1S/C19H21ClN2O3S/c1-3-25-19(24)15-9-4-5-10-22(15)18(23)16-12(2)21-17(26-16)13-7-6-8-14(20)11-13/h6-8,11,15H,3-5,9-10H2,1-2H3. The molecule has 3 rings (SSSR count). The maximum Gasteiger partial charge on any atom is 0.328 e. The molecule has 1 fully saturated rings. The highest BCUT2D eigenvalue weighted by molar-refractivity contribution is 7.17. The SMILES string of the molecule is CCOC(=O)C1CCCCN1C(=O)c1sc(-c2cccc(Cl)c2)nc1C. The zero-order valence-electron chi connectivity index (χ0n) is 14.8. The van der Waals surface area contributed by atoms with Crippen LogP contribution in [0.5, 0.6) is 0 Å². The fourth-order valence-electron chi connectivity index (χ4n) is 3.13. The summed E-state index contributed by atoms with van der Waals surface area (Å²) in [5.41, 5.74) is 1.55. The van der Waals surface area contributed by atoms with Crippen LogP contribution in [0.1, 0.15) is 41.6 Å². The number of benzene rings is 1. The molecular formula is C19H21ClN2O3S. The molecule has 1 amide bonds. The summed E-state index contributed by atoms with van der Waals surface area (Å²) in [4.78, 5) is 32.1. The fourth-order valence-corrected chi connectivity index (χ4v) is 4.34. The van der Waals surface area contributed by atoms with E-state index in [0.717, 1.165) is 23.4 Å². The third-order valence-electron chi connectivity index (χ3n) is 4.38. The third-order valence-corrected chi connectivity index (χ3v) is 5.81. The Kier molecular flexibility index (Phi) is 5.94. The molecule has 138 valence electrons. The van der Waals surface area contributed by atoms with Gasteiger partial charge in [0.1, 0.15) is 15.9 Å². The highest BCUT2D eigenvalue weighted by Crippen LogP contribution is 2.31. The van der Waals surface area contributed by atoms with Crippen LogP contribution in [0.4, 0.5) is 0 Å². The van der Waals surface area contributed by atoms with Gasteiger partial charge >= 0.3 is 5.97 Å². The van der Waals surface area contributed by atoms with Crippen LogP contribution in [0.2, 0.25) is 5.02 Å². The van der Waals surface area contributed by atoms with E-state index >= 15 is 0 Å². The van der Waals surface area contributed by atoms with Gasteiger partial charge in [0.05, 0.1) is 12.3 Å². The molecule has 0 saturated carbocycles. The number of halogens is 1. The molecule has 26 heavy (non-hydrogen) atoms. The van der Waals surface area contributed by atoms with Crippen LogP contribution in [0, 0.1) is 6.92 Å². The Morgan fingerprint density at radius 1 is 1.38 bits per heavy atom. The van der Waals surface area contributed by atoms with Gasteiger partial charge in [0.15, 0.2) is 0 Å². The van der Waals surface area contributed by atoms with Crippen molar-refractivity contribution < 1.29 is 14.3 Å². The molecule has 5 nitrogen and oxygen atoms in total. The van der Waals surface area contributed by atoms with Crippen LogP contribution in [0.3, 0.4) is 0 Å². The first kappa shape index (κ1) is 18.9. The monoisotopic (exact) mass is 392 g/mol. The summed E-state index contributed by atoms with van der Waals surface area (Å²) in [5.74, 6) is -0.469. The second kappa shape index (κ2) is 8.18. The van der Waals surface area contributed by atoms with Crippen molar-refractivity contribution in [3.05, 3.63) is 39.9 Å². The highest BCUT2D eigenvalue weighted by atomic mass is 35.5. The number of likely N-dealkylation sites (tertiary alicyclic amines) is 1. The zero-order valence-corrected chi connectivity index (χ0v) is 16.4. The van der Waals surface area contributed by atoms with Crippen molar-refractivity contribution in [1.29, 1.82) is 0 Å². The molecule has 2 heterocycles. The van der Waals surface area contributed by atoms with E-state index in [2.05, 4.69) is 4.98 Å². The van der Waals surface area contributed by atoms with Crippen LogP contribution >= 0.6 is 22.9 Å². The Hall–Kier alpha value is -1.92. The number of carbonyl (C=O) groups is 2. The summed E-state index contributed by atoms with van der Waals surface area (Å²) in [7, 11) is 0. The molecule has 0 N–H and O–H groups in total. The summed E-state index contributed by atoms with van der Waals surface area (Å²) in [6.45, 7) is 4.47. The van der Waals surface area contributed by atoms with Crippen molar-refractivity contribution in [1.82, 2.24) is 9.88 Å². The molecule has 1 aliphatic rings. The summed E-state index contributed by atoms with van der Waals surface area (Å²) in [5, 5.41) is 1.37. The minimum atomic E-state index is -0.507. The van der Waals surface area contributed by atoms with Crippen LogP contribution in [-0.4, -0.2) is 41.0 Å². The maximum absolute atomic E-state index is 13.1. The number of thiazole rings is 1. The zero-order chi connectivity index (χ0) is 18.7. The molecule has 0 spiro atoms. The Balaban J connectivity index is 1.88. The van der Waals surface area contributed by atoms with Crippen molar-refractivity contribution in [3.8, 4) is 10.6 Å². The number of ether oxygens (including phenoxy) is 1. The van der Waals surface area contributed by atoms with Gasteiger partial charge in [-0.25, -0.2) is 9.78 Å². The summed E-state index contributed by atoms with van der Waals surface area (Å²) in [6, 6.07) is 6.90. The van der Waals surface area contributed by atoms with Gasteiger partial charge in [-0.3, -0.25) is 4.79 Å². The molecule has 0 aliphatic carbocycles. The number of hydrogen-bond acceptors (Lipinski definition) is 5. The van der Waals surface area contributed by atoms with Crippen LogP contribution in [0.25, 0.3) is 10.6 Å². The molecule has 1 unspecified atom stereocenters. The van der Waals surface area contributed by atoms with Gasteiger partial charge in [0, 0.05) is 17.1 Å². The number of amides is 1. The average molecular weight is 393 g/mol. The predicted molar refractivity (Wildman–Crippen MR) is 103 cm³/mol. The first-order valence-corrected chi connectivity index (χ1v) is 9.91. The molecule has 1 atom stereocenters. The number of nitrogens with zero attached hydrogens (tertiary/aromatic N) is 2. The van der Waals surface area contributed by atoms with Crippen molar-refractivity contribution in [3.63, 3.8) is 0 Å². The van der Waals surface area contributed by atoms with Crippen molar-refractivity contribution in [2.45, 2.75) is 39.2 Å². The van der Waals surface area contributed by atoms with E-state index in [4.69, 9.17) is 16.3 Å². The first-order valence-electron chi connectivity index (χ1n) is 8.72. The number of aryl methyl sites for hydroxylation is 1. The lowest BCUT2D eigenvalue weighted by molar-refractivity contribution is -0.149. The molecule has 2 aromatic rings. The number of carbonyl (C=O) groups excluding carboxylic acids is 2. The van der Waals surface area contributed by atoms with E-state index in [1.807, 2.05) is 25.1 Å². The minimum absolute atomic E-state index is 0.147. The Morgan fingerprint density at radius 2 is 2.19 bits per heavy atom. The normalized spacial score (nSPS) is 17.2. The smallest absolute Gasteiger partial charge is 0.328 e. The highest BCUT2D eigenvalue weighted by Gasteiger charge is 2.35. The lowest BCUT2D eigenvalue weighted by Gasteiger charge is -2.33. The molecule has 0 radical (unpaired) electrons. The van der Waals surface area contributed by atoms with Gasteiger partial charge in [-0.1, -0.05) is 23.7 Å². The van der Waals surface area contributed by atoms with Gasteiger partial charge in [0.25, 0.3) is 5.91 Å². The van der Waals surface area contributed by atoms with Crippen LogP contribution in [0.15, 0.2) is 24.3 Å². The fraction of sp³-hybridized carbons (Fsp3) is 0.421. The predicted octanol–water partition coefficient (Wildman–Crippen LogP) is 4.33. The van der Waals surface area contributed by atoms with Gasteiger partial charge in [-0.15, -0.1) is 11.3 Å². The lowest BCUT2D eigenvalue weighted by Crippen LogP contribution is -2.48. The molecule has 1 aromatic heterocycles. The molecule has 1 aromatic carbocycles. The van der Waals surface area contributed by atoms with Gasteiger partial charge in [-0.2, -0.15) is 0 Å². The number of aromatic nitrogens is 1. The Bertz CT molecular complexity index is 821. The maximum atomic E-state index is 13.1. The van der Waals surface area contributed by atoms with Crippen LogP contribution < -0.4 is 0 Å². The first-order chi connectivity index (χ1) is 12.5. The Labute approximate surface area is 161 Å². The summed E-state index contributed by atoms with van der Waals surface area (Å²) < 4.78 is 5.16. The Morgan fingerprint density at radius 3 is 2.92 bits per heavy atom. The summed E-state index contributed by atoms with van der Waals surface area (Å²) >= 11 is 7.40. The number of esters is 1. The minimum Gasteiger partial charge on any atom is -0.464 e. The molecule has 0 bridgehead atoms. The quantitative estimate of drug-likeness (QED) is 0.726. The largest absolute Gasteiger partial charge is 0.464 e. The molecule has 1 aliphatic heterocycles. The third kappa shape index (κ3) is 3.91. The lowest BCUT2D eigenvalue weighted by atomic mass is 10.0. The van der Waals surface area contributed by atoms with Gasteiger partial charge < -0.3 is 9.64 Å². The summed E-state index contributed by atoms with van der Waals surface area (Å²) in [6.07, 6.45) is 2.45. The van der Waals surface area contributed by atoms with E-state index in [-0.39, 0.29) is 11.9 Å². The van der Waals surface area contributed by atoms with E-state index in [1.54, 1.807) is 17.9 Å². The van der Waals surface area contributed by atoms with Crippen molar-refractivity contribution in [2.75, 3.05) is 13.2 Å². The van der Waals surface area contributed by atoms with Crippen LogP contribution in [-0.2, 0) is 9.53 Å². The van der Waals surface area contributed by atoms with Crippen molar-refractivity contribution >= 4 is 34.8 Å². The molecule has 1 saturated heterocycles. The topological polar surface area (TPSA) is 59.5 Å². The number of hydrogen-bond donors (Lipinski definition) is 0. The van der Waals surface area contributed by atoms with E-state index in [1.165, 1.54) is 11.3 Å². The number of rotatable bonds is 4. The molecule has 7 heteroatoms. The molecular weight excluding hydrogens is 372 g/mol. The second-order valence-electron chi connectivity index (χ2n) is 6.21. The van der Waals surface area contributed by atoms with Gasteiger partial charge in [0.2, 0.25) is 0 Å². The average Bonchev–Trinajstić information content (AvgIpc) is 3.03.